The van der Waals surface area contributed by atoms with Crippen molar-refractivity contribution in [2.24, 2.45) is 0 Å². The third-order valence-electron chi connectivity index (χ3n) is 2.83. The van der Waals surface area contributed by atoms with Gasteiger partial charge in [0.25, 0.3) is 0 Å². The molecular formula is C11H17N5O. The second kappa shape index (κ2) is 6.12. The molecule has 1 aliphatic carbocycles. The SMILES string of the molecule is O=C(CCCc1nn[nH]n1)NC1CC=CCC1. The molecule has 2 N–H and O–H groups in total. The maximum absolute atomic E-state index is 11.6. The molecule has 1 unspecified atom stereocenters. The number of carbonyl (C=O) groups excluding carboxylic acids is 1. The fourth-order valence-electron chi connectivity index (χ4n) is 1.92. The molecule has 1 aliphatic rings. The molecule has 1 aromatic heterocycles. The Balaban J connectivity index is 1.62. The van der Waals surface area contributed by atoms with Crippen LogP contribution in [0.2, 0.25) is 0 Å². The Kier molecular flexibility index (Phi) is 4.23. The number of nitrogens with one attached hydrogen (secondary N) is 2. The summed E-state index contributed by atoms with van der Waals surface area (Å²) in [6.45, 7) is 0. The quantitative estimate of drug-likeness (QED) is 0.737. The number of aryl methyl sites for hydroxylation is 1. The number of allylic oxidation sites excluding steroid dienone is 1. The Bertz CT molecular complexity index is 373. The highest BCUT2D eigenvalue weighted by molar-refractivity contribution is 5.76. The molecule has 1 aromatic rings. The molecule has 0 saturated heterocycles. The minimum Gasteiger partial charge on any atom is -0.353 e. The molecule has 1 heterocycles. The molecule has 1 amide bonds. The van der Waals surface area contributed by atoms with Gasteiger partial charge in [0.1, 0.15) is 0 Å². The third-order valence-corrected chi connectivity index (χ3v) is 2.83. The molecule has 92 valence electrons. The Morgan fingerprint density at radius 1 is 1.53 bits per heavy atom. The normalized spacial score (nSPS) is 19.2. The van der Waals surface area contributed by atoms with E-state index >= 15 is 0 Å². The smallest absolute Gasteiger partial charge is 0.220 e. The van der Waals surface area contributed by atoms with Crippen LogP contribution in [-0.2, 0) is 11.2 Å². The first-order valence-corrected chi connectivity index (χ1v) is 6.01. The first-order valence-electron chi connectivity index (χ1n) is 6.01. The van der Waals surface area contributed by atoms with E-state index in [9.17, 15) is 4.79 Å². The Morgan fingerprint density at radius 2 is 2.47 bits per heavy atom. The van der Waals surface area contributed by atoms with Crippen LogP contribution in [0.3, 0.4) is 0 Å². The van der Waals surface area contributed by atoms with Gasteiger partial charge in [0.15, 0.2) is 5.82 Å². The zero-order valence-electron chi connectivity index (χ0n) is 9.72. The molecule has 6 nitrogen and oxygen atoms in total. The number of tetrazole rings is 1. The second-order valence-corrected chi connectivity index (χ2v) is 4.23. The fourth-order valence-corrected chi connectivity index (χ4v) is 1.92. The van der Waals surface area contributed by atoms with Crippen LogP contribution in [-0.4, -0.2) is 32.6 Å². The van der Waals surface area contributed by atoms with E-state index in [0.717, 1.165) is 25.7 Å². The average Bonchev–Trinajstić information content (AvgIpc) is 2.83. The second-order valence-electron chi connectivity index (χ2n) is 4.23. The van der Waals surface area contributed by atoms with Crippen LogP contribution >= 0.6 is 0 Å². The fraction of sp³-hybridized carbons (Fsp3) is 0.636. The topological polar surface area (TPSA) is 83.6 Å². The lowest BCUT2D eigenvalue weighted by Gasteiger charge is -2.19. The molecule has 17 heavy (non-hydrogen) atoms. The molecule has 6 heteroatoms. The molecule has 0 aromatic carbocycles. The zero-order chi connectivity index (χ0) is 11.9. The number of aromatic amines is 1. The monoisotopic (exact) mass is 235 g/mol. The van der Waals surface area contributed by atoms with Gasteiger partial charge >= 0.3 is 0 Å². The van der Waals surface area contributed by atoms with Gasteiger partial charge in [-0.15, -0.1) is 10.2 Å². The van der Waals surface area contributed by atoms with Crippen LogP contribution in [0.5, 0.6) is 0 Å². The number of hydrogen-bond acceptors (Lipinski definition) is 4. The first kappa shape index (κ1) is 11.8. The van der Waals surface area contributed by atoms with E-state index in [1.807, 2.05) is 0 Å². The van der Waals surface area contributed by atoms with Crippen molar-refractivity contribution in [3.8, 4) is 0 Å². The van der Waals surface area contributed by atoms with Crippen molar-refractivity contribution in [2.45, 2.75) is 44.6 Å². The highest BCUT2D eigenvalue weighted by Crippen LogP contribution is 2.10. The lowest BCUT2D eigenvalue weighted by molar-refractivity contribution is -0.121. The summed E-state index contributed by atoms with van der Waals surface area (Å²) in [5.41, 5.74) is 0. The first-order chi connectivity index (χ1) is 8.34. The Hall–Kier alpha value is -1.72. The summed E-state index contributed by atoms with van der Waals surface area (Å²) >= 11 is 0. The van der Waals surface area contributed by atoms with Gasteiger partial charge < -0.3 is 5.32 Å². The molecule has 0 radical (unpaired) electrons. The van der Waals surface area contributed by atoms with E-state index in [1.54, 1.807) is 0 Å². The summed E-state index contributed by atoms with van der Waals surface area (Å²) < 4.78 is 0. The van der Waals surface area contributed by atoms with E-state index in [0.29, 0.717) is 24.7 Å². The lowest BCUT2D eigenvalue weighted by Crippen LogP contribution is -2.35. The number of carbonyl (C=O) groups is 1. The van der Waals surface area contributed by atoms with Crippen molar-refractivity contribution < 1.29 is 4.79 Å². The van der Waals surface area contributed by atoms with Crippen molar-refractivity contribution >= 4 is 5.91 Å². The van der Waals surface area contributed by atoms with Gasteiger partial charge in [0, 0.05) is 18.9 Å². The molecular weight excluding hydrogens is 218 g/mol. The molecule has 2 rings (SSSR count). The molecule has 0 saturated carbocycles. The van der Waals surface area contributed by atoms with Crippen molar-refractivity contribution in [2.75, 3.05) is 0 Å². The van der Waals surface area contributed by atoms with E-state index in [2.05, 4.69) is 38.1 Å². The standard InChI is InChI=1S/C11H17N5O/c17-11(12-9-5-2-1-3-6-9)8-4-7-10-13-15-16-14-10/h1-2,9H,3-8H2,(H,12,17)(H,13,14,15,16). The number of H-pyrrole nitrogens is 1. The summed E-state index contributed by atoms with van der Waals surface area (Å²) in [7, 11) is 0. The summed E-state index contributed by atoms with van der Waals surface area (Å²) in [5.74, 6) is 0.784. The van der Waals surface area contributed by atoms with Crippen molar-refractivity contribution in [3.63, 3.8) is 0 Å². The van der Waals surface area contributed by atoms with Crippen LogP contribution in [0.4, 0.5) is 0 Å². The number of nitrogens with zero attached hydrogens (tertiary/aromatic N) is 3. The number of rotatable bonds is 5. The Labute approximate surface area is 99.9 Å². The largest absolute Gasteiger partial charge is 0.353 e. The van der Waals surface area contributed by atoms with Crippen molar-refractivity contribution in [1.29, 1.82) is 0 Å². The predicted molar refractivity (Wildman–Crippen MR) is 62.0 cm³/mol. The van der Waals surface area contributed by atoms with Gasteiger partial charge in [-0.1, -0.05) is 17.4 Å². The average molecular weight is 235 g/mol. The van der Waals surface area contributed by atoms with Crippen LogP contribution in [0.15, 0.2) is 12.2 Å². The van der Waals surface area contributed by atoms with Crippen molar-refractivity contribution in [1.82, 2.24) is 25.9 Å². The van der Waals surface area contributed by atoms with Crippen LogP contribution < -0.4 is 5.32 Å². The molecule has 0 spiro atoms. The minimum absolute atomic E-state index is 0.119. The van der Waals surface area contributed by atoms with Crippen LogP contribution in [0, 0.1) is 0 Å². The highest BCUT2D eigenvalue weighted by atomic mass is 16.1. The summed E-state index contributed by atoms with van der Waals surface area (Å²) in [6.07, 6.45) is 9.33. The van der Waals surface area contributed by atoms with Gasteiger partial charge in [0.05, 0.1) is 0 Å². The maximum Gasteiger partial charge on any atom is 0.220 e. The van der Waals surface area contributed by atoms with E-state index in [-0.39, 0.29) is 5.91 Å². The van der Waals surface area contributed by atoms with Gasteiger partial charge in [-0.2, -0.15) is 5.21 Å². The van der Waals surface area contributed by atoms with Gasteiger partial charge in [-0.05, 0) is 25.7 Å². The number of hydrogen-bond donors (Lipinski definition) is 2. The lowest BCUT2D eigenvalue weighted by atomic mass is 10.0. The number of amides is 1. The van der Waals surface area contributed by atoms with Crippen LogP contribution in [0.1, 0.15) is 37.9 Å². The minimum atomic E-state index is 0.119. The van der Waals surface area contributed by atoms with E-state index in [4.69, 9.17) is 0 Å². The predicted octanol–water partition coefficient (Wildman–Crippen LogP) is 0.747. The van der Waals surface area contributed by atoms with E-state index < -0.39 is 0 Å². The molecule has 1 atom stereocenters. The van der Waals surface area contributed by atoms with Gasteiger partial charge in [-0.25, -0.2) is 0 Å². The summed E-state index contributed by atoms with van der Waals surface area (Å²) in [6, 6.07) is 0.317. The summed E-state index contributed by atoms with van der Waals surface area (Å²) in [4.78, 5) is 11.6. The maximum atomic E-state index is 11.6. The Morgan fingerprint density at radius 3 is 3.18 bits per heavy atom. The molecule has 0 bridgehead atoms. The highest BCUT2D eigenvalue weighted by Gasteiger charge is 2.12. The molecule has 0 aliphatic heterocycles. The van der Waals surface area contributed by atoms with Gasteiger partial charge in [0.2, 0.25) is 5.91 Å². The molecule has 0 fully saturated rings. The number of aromatic nitrogens is 4. The van der Waals surface area contributed by atoms with Crippen LogP contribution in [0.25, 0.3) is 0 Å². The zero-order valence-corrected chi connectivity index (χ0v) is 9.72. The van der Waals surface area contributed by atoms with Gasteiger partial charge in [-0.3, -0.25) is 4.79 Å². The van der Waals surface area contributed by atoms with Crippen molar-refractivity contribution in [3.05, 3.63) is 18.0 Å². The third kappa shape index (κ3) is 3.97. The van der Waals surface area contributed by atoms with E-state index in [1.165, 1.54) is 0 Å². The summed E-state index contributed by atoms with van der Waals surface area (Å²) in [5, 5.41) is 16.6.